The van der Waals surface area contributed by atoms with Crippen molar-refractivity contribution in [3.63, 3.8) is 0 Å². The van der Waals surface area contributed by atoms with Crippen LogP contribution in [0.25, 0.3) is 11.4 Å². The van der Waals surface area contributed by atoms with Crippen LogP contribution in [0.4, 0.5) is 17.3 Å². The number of carbonyl (C=O) groups excluding carboxylic acids is 1. The number of nitrogens with one attached hydrogen (secondary N) is 1. The SMILES string of the molecule is CO[NH2+]c1ccc(-c2nc(C(=O)NC(Cc3ccc(Cl)cc3)C(=O)O)cc(N3CCN(c4ccccn4)CC3)n2)cc1. The second-order valence-electron chi connectivity index (χ2n) is 9.77. The number of anilines is 2. The maximum Gasteiger partial charge on any atom is 0.326 e. The molecule has 1 amide bonds. The molecule has 1 unspecified atom stereocenters. The van der Waals surface area contributed by atoms with Crippen LogP contribution in [-0.2, 0) is 16.1 Å². The van der Waals surface area contributed by atoms with Gasteiger partial charge in [0.05, 0.1) is 7.11 Å². The number of quaternary nitrogens is 1. The highest BCUT2D eigenvalue weighted by Crippen LogP contribution is 2.23. The second-order valence-corrected chi connectivity index (χ2v) is 10.2. The Kier molecular flexibility index (Phi) is 9.22. The van der Waals surface area contributed by atoms with Gasteiger partial charge < -0.3 is 20.2 Å². The standard InChI is InChI=1S/C30H30ClN7O4/c1-42-36-23-11-7-21(8-12-23)28-33-24(29(39)34-25(30(40)41)18-20-5-9-22(31)10-6-20)19-27(35-28)38-16-14-37(15-17-38)26-4-2-3-13-32-26/h2-13,19,25,36H,14-18H2,1H3,(H,34,39)(H,40,41)/p+1. The predicted octanol–water partition coefficient (Wildman–Crippen LogP) is 2.70. The molecule has 42 heavy (non-hydrogen) atoms. The minimum atomic E-state index is -1.16. The maximum atomic E-state index is 13.5. The largest absolute Gasteiger partial charge is 0.480 e. The number of aromatic nitrogens is 3. The molecule has 3 heterocycles. The Morgan fingerprint density at radius 2 is 1.67 bits per heavy atom. The molecule has 4 aromatic rings. The van der Waals surface area contributed by atoms with E-state index < -0.39 is 17.9 Å². The maximum absolute atomic E-state index is 13.5. The van der Waals surface area contributed by atoms with Crippen LogP contribution in [0.2, 0.25) is 5.02 Å². The first kappa shape index (κ1) is 28.9. The van der Waals surface area contributed by atoms with E-state index in [1.165, 1.54) is 0 Å². The molecule has 1 atom stereocenters. The summed E-state index contributed by atoms with van der Waals surface area (Å²) in [5.41, 5.74) is 4.01. The van der Waals surface area contributed by atoms with Crippen LogP contribution in [-0.4, -0.2) is 71.3 Å². The first-order valence-corrected chi connectivity index (χ1v) is 13.8. The predicted molar refractivity (Wildman–Crippen MR) is 159 cm³/mol. The van der Waals surface area contributed by atoms with Crippen molar-refractivity contribution in [2.75, 3.05) is 43.1 Å². The third-order valence-corrected chi connectivity index (χ3v) is 7.15. The number of nitrogens with zero attached hydrogens (tertiary/aromatic N) is 5. The first-order chi connectivity index (χ1) is 20.4. The minimum absolute atomic E-state index is 0.0806. The lowest BCUT2D eigenvalue weighted by molar-refractivity contribution is -0.830. The van der Waals surface area contributed by atoms with Gasteiger partial charge in [-0.2, -0.15) is 5.48 Å². The first-order valence-electron chi connectivity index (χ1n) is 13.4. The van der Waals surface area contributed by atoms with E-state index in [0.29, 0.717) is 35.3 Å². The van der Waals surface area contributed by atoms with E-state index >= 15 is 0 Å². The summed E-state index contributed by atoms with van der Waals surface area (Å²) >= 11 is 5.96. The van der Waals surface area contributed by atoms with Crippen molar-refractivity contribution in [3.05, 3.63) is 95.3 Å². The molecule has 0 spiro atoms. The Hall–Kier alpha value is -4.58. The lowest BCUT2D eigenvalue weighted by atomic mass is 10.1. The molecule has 12 heteroatoms. The van der Waals surface area contributed by atoms with E-state index in [0.717, 1.165) is 30.2 Å². The second kappa shape index (κ2) is 13.4. The van der Waals surface area contributed by atoms with Crippen molar-refractivity contribution in [2.24, 2.45) is 0 Å². The fourth-order valence-electron chi connectivity index (χ4n) is 4.68. The summed E-state index contributed by atoms with van der Waals surface area (Å²) in [7, 11) is 1.58. The van der Waals surface area contributed by atoms with Crippen LogP contribution in [0.3, 0.4) is 0 Å². The molecule has 1 aliphatic rings. The molecule has 0 aliphatic carbocycles. The number of nitrogens with two attached hydrogens (primary N) is 1. The van der Waals surface area contributed by atoms with Gasteiger partial charge in [0.15, 0.2) is 11.5 Å². The van der Waals surface area contributed by atoms with Gasteiger partial charge in [-0.1, -0.05) is 29.8 Å². The third-order valence-electron chi connectivity index (χ3n) is 6.90. The molecule has 2 aromatic carbocycles. The molecule has 0 saturated carbocycles. The molecule has 1 fully saturated rings. The zero-order chi connectivity index (χ0) is 29.5. The van der Waals surface area contributed by atoms with E-state index in [4.69, 9.17) is 21.4 Å². The van der Waals surface area contributed by atoms with Crippen molar-refractivity contribution in [1.29, 1.82) is 0 Å². The summed E-state index contributed by atoms with van der Waals surface area (Å²) in [6.45, 7) is 2.76. The van der Waals surface area contributed by atoms with Crippen molar-refractivity contribution in [3.8, 4) is 11.4 Å². The number of halogens is 1. The van der Waals surface area contributed by atoms with Crippen molar-refractivity contribution >= 4 is 40.8 Å². The van der Waals surface area contributed by atoms with Gasteiger partial charge in [-0.3, -0.25) is 4.79 Å². The van der Waals surface area contributed by atoms with Crippen LogP contribution in [0.1, 0.15) is 16.1 Å². The van der Waals surface area contributed by atoms with Crippen molar-refractivity contribution in [1.82, 2.24) is 20.3 Å². The van der Waals surface area contributed by atoms with Crippen LogP contribution in [0.15, 0.2) is 79.0 Å². The number of carboxylic acids is 1. The number of piperazine rings is 1. The lowest BCUT2D eigenvalue weighted by Gasteiger charge is -2.36. The van der Waals surface area contributed by atoms with Crippen molar-refractivity contribution in [2.45, 2.75) is 12.5 Å². The number of hydrogen-bond donors (Lipinski definition) is 3. The number of pyridine rings is 1. The number of carboxylic acid groups (broad SMARTS) is 1. The average Bonchev–Trinajstić information content (AvgIpc) is 3.02. The molecule has 2 aromatic heterocycles. The molecule has 0 bridgehead atoms. The molecule has 0 radical (unpaired) electrons. The van der Waals surface area contributed by atoms with Gasteiger partial charge in [-0.05, 0) is 42.0 Å². The van der Waals surface area contributed by atoms with Gasteiger partial charge in [0, 0.05) is 67.6 Å². The number of aliphatic carboxylic acids is 1. The summed E-state index contributed by atoms with van der Waals surface area (Å²) in [5.74, 6) is 0.108. The average molecular weight is 589 g/mol. The molecule has 4 N–H and O–H groups in total. The van der Waals surface area contributed by atoms with Gasteiger partial charge in [0.25, 0.3) is 5.91 Å². The topological polar surface area (TPSA) is 137 Å². The van der Waals surface area contributed by atoms with E-state index in [1.54, 1.807) is 49.1 Å². The van der Waals surface area contributed by atoms with E-state index in [2.05, 4.69) is 25.1 Å². The Bertz CT molecular complexity index is 1510. The van der Waals surface area contributed by atoms with Crippen LogP contribution < -0.4 is 20.6 Å². The normalized spacial score (nSPS) is 14.0. The van der Waals surface area contributed by atoms with Gasteiger partial charge in [-0.25, -0.2) is 24.6 Å². The molecule has 11 nitrogen and oxygen atoms in total. The Balaban J connectivity index is 1.41. The zero-order valence-corrected chi connectivity index (χ0v) is 23.7. The number of benzene rings is 2. The van der Waals surface area contributed by atoms with E-state index in [-0.39, 0.29) is 12.1 Å². The fraction of sp³-hybridized carbons (Fsp3) is 0.233. The Morgan fingerprint density at radius 1 is 0.976 bits per heavy atom. The summed E-state index contributed by atoms with van der Waals surface area (Å²) in [4.78, 5) is 48.7. The van der Waals surface area contributed by atoms with Crippen LogP contribution in [0, 0.1) is 0 Å². The smallest absolute Gasteiger partial charge is 0.326 e. The molecule has 216 valence electrons. The number of rotatable bonds is 10. The summed E-state index contributed by atoms with van der Waals surface area (Å²) in [5, 5.41) is 13.0. The van der Waals surface area contributed by atoms with E-state index in [9.17, 15) is 14.7 Å². The summed E-state index contributed by atoms with van der Waals surface area (Å²) in [6.07, 6.45) is 1.87. The summed E-state index contributed by atoms with van der Waals surface area (Å²) < 4.78 is 0. The van der Waals surface area contributed by atoms with Crippen LogP contribution >= 0.6 is 11.6 Å². The highest BCUT2D eigenvalue weighted by Gasteiger charge is 2.25. The highest BCUT2D eigenvalue weighted by molar-refractivity contribution is 6.30. The van der Waals surface area contributed by atoms with Gasteiger partial charge >= 0.3 is 5.97 Å². The number of carbonyl (C=O) groups is 2. The molecular weight excluding hydrogens is 558 g/mol. The minimum Gasteiger partial charge on any atom is -0.480 e. The molecular formula is C30H31ClN7O4+. The fourth-order valence-corrected chi connectivity index (χ4v) is 4.81. The van der Waals surface area contributed by atoms with E-state index in [1.807, 2.05) is 42.5 Å². The zero-order valence-electron chi connectivity index (χ0n) is 23.0. The molecule has 1 aliphatic heterocycles. The monoisotopic (exact) mass is 588 g/mol. The van der Waals surface area contributed by atoms with Gasteiger partial charge in [0.2, 0.25) is 0 Å². The quantitative estimate of drug-likeness (QED) is 0.189. The Morgan fingerprint density at radius 3 is 2.29 bits per heavy atom. The summed E-state index contributed by atoms with van der Waals surface area (Å²) in [6, 6.07) is 20.6. The number of amides is 1. The molecule has 5 rings (SSSR count). The molecule has 1 saturated heterocycles. The highest BCUT2D eigenvalue weighted by atomic mass is 35.5. The van der Waals surface area contributed by atoms with Crippen LogP contribution in [0.5, 0.6) is 0 Å². The van der Waals surface area contributed by atoms with Crippen molar-refractivity contribution < 1.29 is 25.0 Å². The lowest BCUT2D eigenvalue weighted by Crippen LogP contribution is -2.75. The number of hydrogen-bond acceptors (Lipinski definition) is 8. The third kappa shape index (κ3) is 7.19. The van der Waals surface area contributed by atoms with Gasteiger partial charge in [0.1, 0.15) is 23.4 Å². The Labute approximate surface area is 248 Å². The van der Waals surface area contributed by atoms with Gasteiger partial charge in [-0.15, -0.1) is 0 Å².